The maximum Gasteiger partial charge on any atom is 0.191 e. The van der Waals surface area contributed by atoms with Crippen LogP contribution in [0.25, 0.3) is 0 Å². The molecule has 2 aliphatic carbocycles. The highest BCUT2D eigenvalue weighted by Crippen LogP contribution is 2.49. The highest BCUT2D eigenvalue weighted by atomic mass is 127. The molecule has 6 nitrogen and oxygen atoms in total. The predicted molar refractivity (Wildman–Crippen MR) is 108 cm³/mol. The highest BCUT2D eigenvalue weighted by molar-refractivity contribution is 14.0. The minimum absolute atomic E-state index is 0. The maximum atomic E-state index is 4.85. The number of hydrogen-bond acceptors (Lipinski definition) is 3. The Labute approximate surface area is 162 Å². The fraction of sp³-hybridized carbons (Fsp3) is 0.824. The van der Waals surface area contributed by atoms with Crippen LogP contribution in [0.1, 0.15) is 45.4 Å². The molecular formula is C17H31IN6. The van der Waals surface area contributed by atoms with Gasteiger partial charge in [-0.3, -0.25) is 4.99 Å². The number of aliphatic imine (C=N–C) groups is 1. The summed E-state index contributed by atoms with van der Waals surface area (Å²) in [5.41, 5.74) is 0. The molecule has 3 rings (SSSR count). The first-order valence-corrected chi connectivity index (χ1v) is 9.20. The number of hydrogen-bond donors (Lipinski definition) is 2. The van der Waals surface area contributed by atoms with Crippen LogP contribution in [0.2, 0.25) is 0 Å². The van der Waals surface area contributed by atoms with Crippen LogP contribution < -0.4 is 10.6 Å². The Balaban J connectivity index is 0.00000208. The lowest BCUT2D eigenvalue weighted by Crippen LogP contribution is -2.39. The molecule has 1 heterocycles. The van der Waals surface area contributed by atoms with E-state index in [4.69, 9.17) is 4.99 Å². The molecule has 0 bridgehead atoms. The van der Waals surface area contributed by atoms with Crippen molar-refractivity contribution in [2.45, 2.75) is 52.5 Å². The third-order valence-corrected chi connectivity index (χ3v) is 4.92. The second-order valence-corrected chi connectivity index (χ2v) is 6.78. The molecular weight excluding hydrogens is 415 g/mol. The second kappa shape index (κ2) is 9.58. The van der Waals surface area contributed by atoms with Gasteiger partial charge >= 0.3 is 0 Å². The normalized spacial score (nSPS) is 17.7. The average Bonchev–Trinajstić information content (AvgIpc) is 3.48. The molecule has 136 valence electrons. The zero-order valence-corrected chi connectivity index (χ0v) is 17.2. The lowest BCUT2D eigenvalue weighted by molar-refractivity contribution is 0.417. The van der Waals surface area contributed by atoms with Gasteiger partial charge in [-0.25, -0.2) is 0 Å². The van der Waals surface area contributed by atoms with Crippen molar-refractivity contribution < 1.29 is 0 Å². The Bertz CT molecular complexity index is 509. The van der Waals surface area contributed by atoms with Crippen molar-refractivity contribution >= 4 is 29.9 Å². The summed E-state index contributed by atoms with van der Waals surface area (Å²) in [6.07, 6.45) is 8.42. The van der Waals surface area contributed by atoms with E-state index in [2.05, 4.69) is 39.2 Å². The number of aryl methyl sites for hydroxylation is 1. The molecule has 2 N–H and O–H groups in total. The van der Waals surface area contributed by atoms with Crippen LogP contribution in [0.4, 0.5) is 0 Å². The van der Waals surface area contributed by atoms with Crippen molar-refractivity contribution in [3.8, 4) is 0 Å². The highest BCUT2D eigenvalue weighted by Gasteiger charge is 2.41. The molecule has 1 aromatic heterocycles. The van der Waals surface area contributed by atoms with E-state index in [0.29, 0.717) is 0 Å². The Kier molecular flexibility index (Phi) is 7.77. The van der Waals surface area contributed by atoms with Crippen LogP contribution in [-0.4, -0.2) is 40.4 Å². The first-order chi connectivity index (χ1) is 11.3. The van der Waals surface area contributed by atoms with Crippen molar-refractivity contribution in [1.82, 2.24) is 25.4 Å². The van der Waals surface area contributed by atoms with Crippen LogP contribution in [0, 0.1) is 17.8 Å². The summed E-state index contributed by atoms with van der Waals surface area (Å²) < 4.78 is 2.10. The van der Waals surface area contributed by atoms with Gasteiger partial charge in [0.25, 0.3) is 0 Å². The van der Waals surface area contributed by atoms with Gasteiger partial charge in [-0.1, -0.05) is 6.92 Å². The first kappa shape index (κ1) is 19.5. The molecule has 0 amide bonds. The molecule has 0 unspecified atom stereocenters. The Morgan fingerprint density at radius 1 is 1.25 bits per heavy atom. The molecule has 0 atom stereocenters. The standard InChI is InChI=1S/C17H30N6.HI/c1-3-16-22-21-12-23(16)10-9-19-17(18-4-2)20-11-15(13-5-6-13)14-7-8-14;/h12-15H,3-11H2,1-2H3,(H2,18,19,20);1H. The zero-order chi connectivity index (χ0) is 16.1. The monoisotopic (exact) mass is 446 g/mol. The van der Waals surface area contributed by atoms with Crippen LogP contribution in [0.15, 0.2) is 11.3 Å². The van der Waals surface area contributed by atoms with Gasteiger partial charge in [-0.15, -0.1) is 34.2 Å². The summed E-state index contributed by atoms with van der Waals surface area (Å²) >= 11 is 0. The molecule has 2 aliphatic rings. The summed E-state index contributed by atoms with van der Waals surface area (Å²) in [7, 11) is 0. The van der Waals surface area contributed by atoms with Gasteiger partial charge in [0.1, 0.15) is 12.2 Å². The summed E-state index contributed by atoms with van der Waals surface area (Å²) in [5, 5.41) is 14.9. The van der Waals surface area contributed by atoms with Gasteiger partial charge in [-0.05, 0) is 50.4 Å². The SMILES string of the molecule is CCNC(=NCC(C1CC1)C1CC1)NCCn1cnnc1CC.I. The largest absolute Gasteiger partial charge is 0.357 e. The summed E-state index contributed by atoms with van der Waals surface area (Å²) in [6.45, 7) is 7.82. The predicted octanol–water partition coefficient (Wildman–Crippen LogP) is 2.45. The van der Waals surface area contributed by atoms with Gasteiger partial charge in [0, 0.05) is 32.6 Å². The number of nitrogens with one attached hydrogen (secondary N) is 2. The lowest BCUT2D eigenvalue weighted by Gasteiger charge is -2.16. The Morgan fingerprint density at radius 3 is 2.54 bits per heavy atom. The van der Waals surface area contributed by atoms with Crippen molar-refractivity contribution in [2.75, 3.05) is 19.6 Å². The van der Waals surface area contributed by atoms with E-state index in [1.807, 2.05) is 0 Å². The first-order valence-electron chi connectivity index (χ1n) is 9.20. The lowest BCUT2D eigenvalue weighted by atomic mass is 9.98. The third-order valence-electron chi connectivity index (χ3n) is 4.92. The molecule has 1 aromatic rings. The van der Waals surface area contributed by atoms with E-state index >= 15 is 0 Å². The van der Waals surface area contributed by atoms with Crippen LogP contribution in [-0.2, 0) is 13.0 Å². The average molecular weight is 446 g/mol. The number of aromatic nitrogens is 3. The van der Waals surface area contributed by atoms with Crippen molar-refractivity contribution in [3.63, 3.8) is 0 Å². The van der Waals surface area contributed by atoms with Gasteiger partial charge < -0.3 is 15.2 Å². The van der Waals surface area contributed by atoms with E-state index in [-0.39, 0.29) is 24.0 Å². The summed E-state index contributed by atoms with van der Waals surface area (Å²) in [5.74, 6) is 4.73. The van der Waals surface area contributed by atoms with E-state index < -0.39 is 0 Å². The van der Waals surface area contributed by atoms with Gasteiger partial charge in [0.15, 0.2) is 5.96 Å². The smallest absolute Gasteiger partial charge is 0.191 e. The van der Waals surface area contributed by atoms with Gasteiger partial charge in [0.2, 0.25) is 0 Å². The maximum absolute atomic E-state index is 4.85. The molecule has 0 radical (unpaired) electrons. The number of guanidine groups is 1. The van der Waals surface area contributed by atoms with Gasteiger partial charge in [-0.2, -0.15) is 0 Å². The molecule has 2 saturated carbocycles. The quantitative estimate of drug-likeness (QED) is 0.348. The zero-order valence-electron chi connectivity index (χ0n) is 14.9. The van der Waals surface area contributed by atoms with Crippen LogP contribution in [0.3, 0.4) is 0 Å². The molecule has 0 aliphatic heterocycles. The molecule has 0 saturated heterocycles. The number of halogens is 1. The van der Waals surface area contributed by atoms with E-state index in [0.717, 1.165) is 62.1 Å². The Hall–Kier alpha value is -0.860. The molecule has 2 fully saturated rings. The minimum Gasteiger partial charge on any atom is -0.357 e. The van der Waals surface area contributed by atoms with Crippen LogP contribution in [0.5, 0.6) is 0 Å². The second-order valence-electron chi connectivity index (χ2n) is 6.78. The van der Waals surface area contributed by atoms with E-state index in [1.165, 1.54) is 25.7 Å². The summed E-state index contributed by atoms with van der Waals surface area (Å²) in [4.78, 5) is 4.85. The van der Waals surface area contributed by atoms with Crippen molar-refractivity contribution in [3.05, 3.63) is 12.2 Å². The Morgan fingerprint density at radius 2 is 1.96 bits per heavy atom. The molecule has 0 aromatic carbocycles. The molecule has 0 spiro atoms. The topological polar surface area (TPSA) is 67.1 Å². The van der Waals surface area contributed by atoms with Crippen molar-refractivity contribution in [2.24, 2.45) is 22.7 Å². The third kappa shape index (κ3) is 5.60. The molecule has 24 heavy (non-hydrogen) atoms. The molecule has 7 heteroatoms. The van der Waals surface area contributed by atoms with Crippen LogP contribution >= 0.6 is 24.0 Å². The number of nitrogens with zero attached hydrogens (tertiary/aromatic N) is 4. The van der Waals surface area contributed by atoms with Crippen molar-refractivity contribution in [1.29, 1.82) is 0 Å². The van der Waals surface area contributed by atoms with E-state index in [9.17, 15) is 0 Å². The van der Waals surface area contributed by atoms with Gasteiger partial charge in [0.05, 0.1) is 0 Å². The van der Waals surface area contributed by atoms with E-state index in [1.54, 1.807) is 6.33 Å². The minimum atomic E-state index is 0. The fourth-order valence-corrected chi connectivity index (χ4v) is 3.30. The summed E-state index contributed by atoms with van der Waals surface area (Å²) in [6, 6.07) is 0. The number of rotatable bonds is 9. The fourth-order valence-electron chi connectivity index (χ4n) is 3.30.